The summed E-state index contributed by atoms with van der Waals surface area (Å²) in [4.78, 5) is 4.57. The molecule has 0 spiro atoms. The summed E-state index contributed by atoms with van der Waals surface area (Å²) in [6.07, 6.45) is 1.70. The molecule has 3 rings (SSSR count). The maximum absolute atomic E-state index is 5.42. The van der Waals surface area contributed by atoms with Gasteiger partial charge in [-0.25, -0.2) is 4.98 Å². The minimum atomic E-state index is 0.637. The van der Waals surface area contributed by atoms with E-state index in [4.69, 9.17) is 14.2 Å². The lowest BCUT2D eigenvalue weighted by atomic mass is 10.1. The maximum Gasteiger partial charge on any atom is 0.169 e. The predicted molar refractivity (Wildman–Crippen MR) is 104 cm³/mol. The van der Waals surface area contributed by atoms with Crippen LogP contribution in [0.1, 0.15) is 11.3 Å². The SMILES string of the molecule is COc1cccc(/C=N/Nc2cc(C)nc3c(OC)cccc23)c1OC. The van der Waals surface area contributed by atoms with Gasteiger partial charge in [-0.2, -0.15) is 5.10 Å². The molecule has 2 aromatic carbocycles. The predicted octanol–water partition coefficient (Wildman–Crippen LogP) is 4.02. The summed E-state index contributed by atoms with van der Waals surface area (Å²) < 4.78 is 16.1. The van der Waals surface area contributed by atoms with Gasteiger partial charge in [0, 0.05) is 16.6 Å². The Morgan fingerprint density at radius 2 is 1.69 bits per heavy atom. The summed E-state index contributed by atoms with van der Waals surface area (Å²) in [5.74, 6) is 2.03. The van der Waals surface area contributed by atoms with Crippen molar-refractivity contribution in [2.75, 3.05) is 26.8 Å². The Bertz CT molecular complexity index is 954. The van der Waals surface area contributed by atoms with Gasteiger partial charge < -0.3 is 14.2 Å². The smallest absolute Gasteiger partial charge is 0.169 e. The van der Waals surface area contributed by atoms with Gasteiger partial charge in [0.25, 0.3) is 0 Å². The number of hydrogen-bond donors (Lipinski definition) is 1. The summed E-state index contributed by atoms with van der Waals surface area (Å²) in [5.41, 5.74) is 6.43. The number of hydrogen-bond acceptors (Lipinski definition) is 6. The summed E-state index contributed by atoms with van der Waals surface area (Å²) >= 11 is 0. The number of aromatic nitrogens is 1. The van der Waals surface area contributed by atoms with Gasteiger partial charge in [-0.15, -0.1) is 0 Å². The average molecular weight is 351 g/mol. The van der Waals surface area contributed by atoms with Crippen LogP contribution in [0.2, 0.25) is 0 Å². The number of rotatable bonds is 6. The fourth-order valence-corrected chi connectivity index (χ4v) is 2.79. The number of aryl methyl sites for hydroxylation is 1. The average Bonchev–Trinajstić information content (AvgIpc) is 2.67. The fourth-order valence-electron chi connectivity index (χ4n) is 2.79. The number of pyridine rings is 1. The van der Waals surface area contributed by atoms with Crippen LogP contribution in [0.25, 0.3) is 10.9 Å². The molecule has 6 heteroatoms. The Labute approximate surface area is 152 Å². The van der Waals surface area contributed by atoms with E-state index in [1.165, 1.54) is 0 Å². The molecule has 0 atom stereocenters. The van der Waals surface area contributed by atoms with Crippen LogP contribution in [-0.4, -0.2) is 32.5 Å². The first-order valence-corrected chi connectivity index (χ1v) is 8.12. The Morgan fingerprint density at radius 3 is 2.42 bits per heavy atom. The van der Waals surface area contributed by atoms with Crippen molar-refractivity contribution in [3.05, 3.63) is 53.7 Å². The molecule has 3 aromatic rings. The molecule has 26 heavy (non-hydrogen) atoms. The third-order valence-corrected chi connectivity index (χ3v) is 3.97. The zero-order valence-electron chi connectivity index (χ0n) is 15.2. The lowest BCUT2D eigenvalue weighted by molar-refractivity contribution is 0.354. The van der Waals surface area contributed by atoms with Crippen molar-refractivity contribution in [3.63, 3.8) is 0 Å². The molecule has 134 valence electrons. The number of hydrazone groups is 1. The number of methoxy groups -OCH3 is 3. The highest BCUT2D eigenvalue weighted by Crippen LogP contribution is 2.31. The first-order valence-electron chi connectivity index (χ1n) is 8.12. The fraction of sp³-hybridized carbons (Fsp3) is 0.200. The van der Waals surface area contributed by atoms with E-state index in [1.54, 1.807) is 27.5 Å². The van der Waals surface area contributed by atoms with Crippen LogP contribution in [-0.2, 0) is 0 Å². The molecule has 1 N–H and O–H groups in total. The second kappa shape index (κ2) is 7.74. The van der Waals surface area contributed by atoms with E-state index in [1.807, 2.05) is 49.4 Å². The Balaban J connectivity index is 1.95. The monoisotopic (exact) mass is 351 g/mol. The Kier molecular flexibility index (Phi) is 5.22. The van der Waals surface area contributed by atoms with Gasteiger partial charge in [-0.1, -0.05) is 18.2 Å². The van der Waals surface area contributed by atoms with Crippen molar-refractivity contribution in [2.45, 2.75) is 6.92 Å². The van der Waals surface area contributed by atoms with Crippen molar-refractivity contribution in [2.24, 2.45) is 5.10 Å². The van der Waals surface area contributed by atoms with E-state index < -0.39 is 0 Å². The molecule has 0 saturated heterocycles. The topological polar surface area (TPSA) is 65.0 Å². The summed E-state index contributed by atoms with van der Waals surface area (Å²) in [5, 5.41) is 5.30. The molecular weight excluding hydrogens is 330 g/mol. The second-order valence-electron chi connectivity index (χ2n) is 5.62. The quantitative estimate of drug-likeness (QED) is 0.537. The first-order chi connectivity index (χ1) is 12.7. The third kappa shape index (κ3) is 3.39. The van der Waals surface area contributed by atoms with Crippen LogP contribution in [0.4, 0.5) is 5.69 Å². The van der Waals surface area contributed by atoms with Gasteiger partial charge >= 0.3 is 0 Å². The lowest BCUT2D eigenvalue weighted by Gasteiger charge is -2.11. The maximum atomic E-state index is 5.42. The van der Waals surface area contributed by atoms with Crippen molar-refractivity contribution in [1.29, 1.82) is 0 Å². The zero-order valence-corrected chi connectivity index (χ0v) is 15.2. The minimum absolute atomic E-state index is 0.637. The van der Waals surface area contributed by atoms with Crippen molar-refractivity contribution in [1.82, 2.24) is 4.98 Å². The van der Waals surface area contributed by atoms with Crippen LogP contribution >= 0.6 is 0 Å². The van der Waals surface area contributed by atoms with Gasteiger partial charge in [-0.05, 0) is 31.2 Å². The molecule has 0 aliphatic carbocycles. The molecular formula is C20H21N3O3. The van der Waals surface area contributed by atoms with E-state index in [-0.39, 0.29) is 0 Å². The number of benzene rings is 2. The number of nitrogens with one attached hydrogen (secondary N) is 1. The normalized spacial score (nSPS) is 10.9. The Morgan fingerprint density at radius 1 is 0.962 bits per heavy atom. The molecule has 0 saturated carbocycles. The molecule has 0 unspecified atom stereocenters. The number of ether oxygens (including phenoxy) is 3. The van der Waals surface area contributed by atoms with Gasteiger partial charge in [0.05, 0.1) is 33.2 Å². The molecule has 6 nitrogen and oxygen atoms in total. The molecule has 0 aliphatic rings. The van der Waals surface area contributed by atoms with Crippen molar-refractivity contribution < 1.29 is 14.2 Å². The van der Waals surface area contributed by atoms with E-state index in [9.17, 15) is 0 Å². The van der Waals surface area contributed by atoms with Crippen LogP contribution in [0, 0.1) is 6.92 Å². The summed E-state index contributed by atoms with van der Waals surface area (Å²) in [7, 11) is 4.85. The van der Waals surface area contributed by atoms with Crippen molar-refractivity contribution >= 4 is 22.8 Å². The standard InChI is InChI=1S/C20H21N3O3/c1-13-11-16(15-8-6-9-17(24-2)19(15)22-13)23-21-12-14-7-5-10-18(25-3)20(14)26-4/h5-12H,1-4H3,(H,22,23)/b21-12+. The first kappa shape index (κ1) is 17.5. The van der Waals surface area contributed by atoms with Crippen LogP contribution in [0.5, 0.6) is 17.2 Å². The van der Waals surface area contributed by atoms with Crippen molar-refractivity contribution in [3.8, 4) is 17.2 Å². The van der Waals surface area contributed by atoms with Gasteiger partial charge in [0.15, 0.2) is 11.5 Å². The van der Waals surface area contributed by atoms with Gasteiger partial charge in [0.1, 0.15) is 11.3 Å². The zero-order chi connectivity index (χ0) is 18.5. The minimum Gasteiger partial charge on any atom is -0.494 e. The number of para-hydroxylation sites is 2. The largest absolute Gasteiger partial charge is 0.494 e. The third-order valence-electron chi connectivity index (χ3n) is 3.97. The summed E-state index contributed by atoms with van der Waals surface area (Å²) in [6, 6.07) is 13.4. The highest BCUT2D eigenvalue weighted by atomic mass is 16.5. The summed E-state index contributed by atoms with van der Waals surface area (Å²) in [6.45, 7) is 1.94. The number of fused-ring (bicyclic) bond motifs is 1. The van der Waals surface area contributed by atoms with Crippen LogP contribution < -0.4 is 19.6 Å². The van der Waals surface area contributed by atoms with Crippen LogP contribution in [0.15, 0.2) is 47.6 Å². The number of anilines is 1. The van der Waals surface area contributed by atoms with E-state index in [2.05, 4.69) is 15.5 Å². The van der Waals surface area contributed by atoms with E-state index >= 15 is 0 Å². The van der Waals surface area contributed by atoms with E-state index in [0.29, 0.717) is 11.5 Å². The second-order valence-corrected chi connectivity index (χ2v) is 5.62. The molecule has 0 aliphatic heterocycles. The molecule has 1 aromatic heterocycles. The van der Waals surface area contributed by atoms with Gasteiger partial charge in [0.2, 0.25) is 0 Å². The number of nitrogens with zero attached hydrogens (tertiary/aromatic N) is 2. The highest BCUT2D eigenvalue weighted by Gasteiger charge is 2.09. The Hall–Kier alpha value is -3.28. The van der Waals surface area contributed by atoms with E-state index in [0.717, 1.165) is 33.6 Å². The molecule has 0 radical (unpaired) electrons. The molecule has 0 bridgehead atoms. The van der Waals surface area contributed by atoms with Crippen LogP contribution in [0.3, 0.4) is 0 Å². The molecule has 1 heterocycles. The highest BCUT2D eigenvalue weighted by molar-refractivity contribution is 5.95. The lowest BCUT2D eigenvalue weighted by Crippen LogP contribution is -1.98. The molecule has 0 amide bonds. The van der Waals surface area contributed by atoms with Gasteiger partial charge in [-0.3, -0.25) is 5.43 Å². The molecule has 0 fully saturated rings.